The first-order valence-electron chi connectivity index (χ1n) is 13.2. The van der Waals surface area contributed by atoms with Gasteiger partial charge in [0.15, 0.2) is 0 Å². The van der Waals surface area contributed by atoms with Crippen molar-refractivity contribution < 1.29 is 4.79 Å². The number of aryl methyl sites for hydroxylation is 2. The Hall–Kier alpha value is -2.17. The largest absolute Gasteiger partial charge is 0.330 e. The molecule has 33 heavy (non-hydrogen) atoms. The molecule has 0 radical (unpaired) electrons. The highest BCUT2D eigenvalue weighted by molar-refractivity contribution is 5.98. The van der Waals surface area contributed by atoms with Crippen molar-refractivity contribution in [1.29, 1.82) is 0 Å². The third-order valence-electron chi connectivity index (χ3n) is 8.55. The van der Waals surface area contributed by atoms with E-state index in [-0.39, 0.29) is 5.91 Å². The van der Waals surface area contributed by atoms with Crippen molar-refractivity contribution in [3.63, 3.8) is 0 Å². The predicted molar refractivity (Wildman–Crippen MR) is 133 cm³/mol. The van der Waals surface area contributed by atoms with Gasteiger partial charge in [0, 0.05) is 31.2 Å². The zero-order valence-corrected chi connectivity index (χ0v) is 19.8. The van der Waals surface area contributed by atoms with Crippen LogP contribution in [-0.2, 0) is 25.9 Å². The van der Waals surface area contributed by atoms with Gasteiger partial charge < -0.3 is 10.2 Å². The molecule has 6 rings (SSSR count). The molecule has 0 spiro atoms. The van der Waals surface area contributed by atoms with Gasteiger partial charge in [0.2, 0.25) is 0 Å². The highest BCUT2D eigenvalue weighted by Crippen LogP contribution is 2.34. The first kappa shape index (κ1) is 21.4. The number of nitrogens with one attached hydrogen (secondary N) is 1. The molecule has 1 unspecified atom stereocenters. The highest BCUT2D eigenvalue weighted by atomic mass is 16.2. The second-order valence-corrected chi connectivity index (χ2v) is 10.7. The Morgan fingerprint density at radius 1 is 0.879 bits per heavy atom. The van der Waals surface area contributed by atoms with Crippen LogP contribution in [0.15, 0.2) is 36.4 Å². The van der Waals surface area contributed by atoms with E-state index in [1.54, 1.807) is 11.1 Å². The van der Waals surface area contributed by atoms with E-state index < -0.39 is 0 Å². The minimum Gasteiger partial charge on any atom is -0.330 e. The number of likely N-dealkylation sites (tertiary alicyclic amines) is 1. The van der Waals surface area contributed by atoms with Crippen molar-refractivity contribution in [1.82, 2.24) is 15.1 Å². The number of fused-ring (bicyclic) bond motifs is 2. The molecule has 2 saturated heterocycles. The fraction of sp³-hybridized carbons (Fsp3) is 0.552. The number of carbonyl (C=O) groups excluding carboxylic acids is 1. The van der Waals surface area contributed by atoms with Crippen molar-refractivity contribution in [3.8, 4) is 0 Å². The van der Waals surface area contributed by atoms with E-state index in [1.807, 2.05) is 0 Å². The van der Waals surface area contributed by atoms with Crippen LogP contribution in [0.5, 0.6) is 0 Å². The molecule has 1 N–H and O–H groups in total. The van der Waals surface area contributed by atoms with Crippen LogP contribution < -0.4 is 5.32 Å². The molecule has 1 atom stereocenters. The fourth-order valence-electron chi connectivity index (χ4n) is 6.58. The van der Waals surface area contributed by atoms with Crippen molar-refractivity contribution in [2.75, 3.05) is 26.2 Å². The fourth-order valence-corrected chi connectivity index (χ4v) is 6.58. The number of benzene rings is 2. The number of hydrogen-bond acceptors (Lipinski definition) is 3. The number of carbonyl (C=O) groups is 1. The Morgan fingerprint density at radius 2 is 1.73 bits per heavy atom. The summed E-state index contributed by atoms with van der Waals surface area (Å²) in [6.07, 6.45) is 9.96. The number of piperidine rings is 2. The molecule has 4 nitrogen and oxygen atoms in total. The van der Waals surface area contributed by atoms with Crippen LogP contribution in [0.2, 0.25) is 0 Å². The Kier molecular flexibility index (Phi) is 5.98. The van der Waals surface area contributed by atoms with Gasteiger partial charge >= 0.3 is 0 Å². The van der Waals surface area contributed by atoms with Crippen LogP contribution in [0.1, 0.15) is 82.6 Å². The van der Waals surface area contributed by atoms with E-state index in [2.05, 4.69) is 51.5 Å². The van der Waals surface area contributed by atoms with E-state index in [4.69, 9.17) is 0 Å². The maximum atomic E-state index is 13.0. The van der Waals surface area contributed by atoms with Crippen molar-refractivity contribution in [2.45, 2.75) is 76.4 Å². The lowest BCUT2D eigenvalue weighted by Crippen LogP contribution is -2.46. The van der Waals surface area contributed by atoms with Crippen LogP contribution in [0, 0.1) is 0 Å². The highest BCUT2D eigenvalue weighted by Gasteiger charge is 2.34. The third kappa shape index (κ3) is 4.36. The molecular weight excluding hydrogens is 406 g/mol. The molecule has 2 aromatic rings. The molecule has 3 aliphatic heterocycles. The van der Waals surface area contributed by atoms with E-state index in [0.717, 1.165) is 51.3 Å². The van der Waals surface area contributed by atoms with Gasteiger partial charge in [-0.3, -0.25) is 9.69 Å². The molecule has 0 saturated carbocycles. The first-order chi connectivity index (χ1) is 16.2. The molecule has 4 heteroatoms. The van der Waals surface area contributed by atoms with Crippen LogP contribution in [0.3, 0.4) is 0 Å². The normalized spacial score (nSPS) is 24.1. The second-order valence-electron chi connectivity index (χ2n) is 10.7. The average molecular weight is 444 g/mol. The van der Waals surface area contributed by atoms with E-state index in [1.165, 1.54) is 61.6 Å². The lowest BCUT2D eigenvalue weighted by molar-refractivity contribution is 0.0674. The maximum Gasteiger partial charge on any atom is 0.254 e. The van der Waals surface area contributed by atoms with Gasteiger partial charge in [-0.15, -0.1) is 0 Å². The molecule has 3 heterocycles. The van der Waals surface area contributed by atoms with Gasteiger partial charge in [-0.1, -0.05) is 30.3 Å². The van der Waals surface area contributed by atoms with Crippen molar-refractivity contribution >= 4 is 5.91 Å². The molecule has 4 aliphatic rings. The average Bonchev–Trinajstić information content (AvgIpc) is 3.21. The first-order valence-corrected chi connectivity index (χ1v) is 13.2. The molecule has 1 aliphatic carbocycles. The van der Waals surface area contributed by atoms with E-state index in [0.29, 0.717) is 12.0 Å². The van der Waals surface area contributed by atoms with Gasteiger partial charge in [0.1, 0.15) is 0 Å². The molecule has 1 amide bonds. The van der Waals surface area contributed by atoms with Crippen LogP contribution in [0.4, 0.5) is 0 Å². The Morgan fingerprint density at radius 3 is 2.55 bits per heavy atom. The minimum atomic E-state index is 0.241. The van der Waals surface area contributed by atoms with Gasteiger partial charge in [-0.25, -0.2) is 0 Å². The van der Waals surface area contributed by atoms with Crippen LogP contribution in [0.25, 0.3) is 0 Å². The zero-order valence-electron chi connectivity index (χ0n) is 19.8. The summed E-state index contributed by atoms with van der Waals surface area (Å²) < 4.78 is 0. The SMILES string of the molecule is O=C1c2ccc(C3CCN(Cc4ccc5c(c4)CCCC5)CC3)cc2CN1C1CCCNC1. The van der Waals surface area contributed by atoms with Gasteiger partial charge in [-0.05, 0) is 111 Å². The summed E-state index contributed by atoms with van der Waals surface area (Å²) >= 11 is 0. The number of rotatable bonds is 4. The molecule has 0 bridgehead atoms. The van der Waals surface area contributed by atoms with Crippen molar-refractivity contribution in [3.05, 3.63) is 69.8 Å². The van der Waals surface area contributed by atoms with E-state index >= 15 is 0 Å². The monoisotopic (exact) mass is 443 g/mol. The Balaban J connectivity index is 1.07. The van der Waals surface area contributed by atoms with Crippen molar-refractivity contribution in [2.24, 2.45) is 0 Å². The summed E-state index contributed by atoms with van der Waals surface area (Å²) in [6.45, 7) is 6.24. The Labute approximate surface area is 198 Å². The smallest absolute Gasteiger partial charge is 0.254 e. The number of amides is 1. The number of nitrogens with zero attached hydrogens (tertiary/aromatic N) is 2. The molecule has 2 fully saturated rings. The summed E-state index contributed by atoms with van der Waals surface area (Å²) in [5, 5.41) is 3.46. The summed E-state index contributed by atoms with van der Waals surface area (Å²) in [5.41, 5.74) is 8.30. The molecule has 0 aromatic heterocycles. The topological polar surface area (TPSA) is 35.6 Å². The van der Waals surface area contributed by atoms with Crippen LogP contribution >= 0.6 is 0 Å². The van der Waals surface area contributed by atoms with Crippen LogP contribution in [-0.4, -0.2) is 47.9 Å². The number of hydrogen-bond donors (Lipinski definition) is 1. The Bertz CT molecular complexity index is 1020. The standard InChI is InChI=1S/C29H37N3O/c33-29-28-10-9-25(17-26(28)20-32(29)27-6-3-13-30-18-27)23-11-14-31(15-12-23)19-21-7-8-22-4-1-2-5-24(22)16-21/h7-10,16-17,23,27,30H,1-6,11-15,18-20H2. The van der Waals surface area contributed by atoms with E-state index in [9.17, 15) is 4.79 Å². The minimum absolute atomic E-state index is 0.241. The lowest BCUT2D eigenvalue weighted by atomic mass is 9.87. The molecular formula is C29H37N3O. The lowest BCUT2D eigenvalue weighted by Gasteiger charge is -2.32. The summed E-state index contributed by atoms with van der Waals surface area (Å²) in [4.78, 5) is 17.7. The summed E-state index contributed by atoms with van der Waals surface area (Å²) in [6, 6.07) is 14.3. The zero-order chi connectivity index (χ0) is 22.2. The quantitative estimate of drug-likeness (QED) is 0.747. The van der Waals surface area contributed by atoms with Gasteiger partial charge in [0.25, 0.3) is 5.91 Å². The van der Waals surface area contributed by atoms with Gasteiger partial charge in [0.05, 0.1) is 0 Å². The molecule has 174 valence electrons. The molecule has 2 aromatic carbocycles. The summed E-state index contributed by atoms with van der Waals surface area (Å²) in [7, 11) is 0. The second kappa shape index (κ2) is 9.23. The predicted octanol–water partition coefficient (Wildman–Crippen LogP) is 4.65. The maximum absolute atomic E-state index is 13.0. The third-order valence-corrected chi connectivity index (χ3v) is 8.55. The van der Waals surface area contributed by atoms with Gasteiger partial charge in [-0.2, -0.15) is 0 Å². The summed E-state index contributed by atoms with van der Waals surface area (Å²) in [5.74, 6) is 0.862.